The average molecular weight is 259 g/mol. The van der Waals surface area contributed by atoms with Gasteiger partial charge in [0.25, 0.3) is 0 Å². The summed E-state index contributed by atoms with van der Waals surface area (Å²) >= 11 is 0. The van der Waals surface area contributed by atoms with Crippen molar-refractivity contribution in [1.82, 2.24) is 15.2 Å². The Bertz CT molecular complexity index is 488. The third-order valence-electron chi connectivity index (χ3n) is 4.50. The number of carbonyl (C=O) groups is 1. The van der Waals surface area contributed by atoms with E-state index in [1.165, 1.54) is 0 Å². The van der Waals surface area contributed by atoms with Crippen LogP contribution in [0.5, 0.6) is 0 Å². The Morgan fingerprint density at radius 2 is 2.37 bits per heavy atom. The Balaban J connectivity index is 1.75. The number of hydrogen-bond acceptors (Lipinski definition) is 3. The molecule has 0 saturated carbocycles. The van der Waals surface area contributed by atoms with Gasteiger partial charge >= 0.3 is 0 Å². The molecule has 1 N–H and O–H groups in total. The van der Waals surface area contributed by atoms with E-state index in [-0.39, 0.29) is 5.91 Å². The normalized spacial score (nSPS) is 29.6. The maximum Gasteiger partial charge on any atom is 0.229 e. The molecule has 0 bridgehead atoms. The van der Waals surface area contributed by atoms with Crippen LogP contribution in [0.4, 0.5) is 0 Å². The summed E-state index contributed by atoms with van der Waals surface area (Å²) in [5.41, 5.74) is 2.01. The number of pyridine rings is 1. The van der Waals surface area contributed by atoms with E-state index in [0.29, 0.717) is 24.4 Å². The van der Waals surface area contributed by atoms with Crippen molar-refractivity contribution in [3.63, 3.8) is 0 Å². The Morgan fingerprint density at radius 1 is 1.53 bits per heavy atom. The molecule has 3 atom stereocenters. The first-order chi connectivity index (χ1) is 9.16. The molecule has 2 aliphatic heterocycles. The highest BCUT2D eigenvalue weighted by Crippen LogP contribution is 2.32. The minimum Gasteiger partial charge on any atom is -0.335 e. The van der Waals surface area contributed by atoms with E-state index in [1.807, 2.05) is 19.1 Å². The lowest BCUT2D eigenvalue weighted by atomic mass is 10.0. The molecule has 3 rings (SSSR count). The predicted molar refractivity (Wildman–Crippen MR) is 73.8 cm³/mol. The lowest BCUT2D eigenvalue weighted by Gasteiger charge is -2.27. The van der Waals surface area contributed by atoms with Gasteiger partial charge in [-0.25, -0.2) is 0 Å². The van der Waals surface area contributed by atoms with Crippen LogP contribution in [0.1, 0.15) is 24.6 Å². The summed E-state index contributed by atoms with van der Waals surface area (Å²) in [6, 6.07) is 4.70. The van der Waals surface area contributed by atoms with Gasteiger partial charge < -0.3 is 10.2 Å². The van der Waals surface area contributed by atoms with Crippen LogP contribution in [0.3, 0.4) is 0 Å². The van der Waals surface area contributed by atoms with E-state index < -0.39 is 0 Å². The lowest BCUT2D eigenvalue weighted by Crippen LogP contribution is -2.43. The van der Waals surface area contributed by atoms with E-state index >= 15 is 0 Å². The molecule has 4 nitrogen and oxygen atoms in total. The van der Waals surface area contributed by atoms with Crippen molar-refractivity contribution in [1.29, 1.82) is 0 Å². The molecule has 1 aromatic rings. The second kappa shape index (κ2) is 4.93. The minimum absolute atomic E-state index is 0.227. The minimum atomic E-state index is 0.227. The first-order valence-electron chi connectivity index (χ1n) is 7.09. The molecule has 3 heterocycles. The predicted octanol–water partition coefficient (Wildman–Crippen LogP) is 1.14. The Kier molecular flexibility index (Phi) is 3.27. The lowest BCUT2D eigenvalue weighted by molar-refractivity contribution is -0.133. The summed E-state index contributed by atoms with van der Waals surface area (Å²) in [6.45, 7) is 6.19. The third kappa shape index (κ3) is 2.25. The highest BCUT2D eigenvalue weighted by atomic mass is 16.2. The molecule has 3 unspecified atom stereocenters. The molecule has 0 spiro atoms. The van der Waals surface area contributed by atoms with Gasteiger partial charge in [-0.2, -0.15) is 0 Å². The monoisotopic (exact) mass is 259 g/mol. The molecule has 102 valence electrons. The molecule has 2 saturated heterocycles. The van der Waals surface area contributed by atoms with Crippen LogP contribution in [0.2, 0.25) is 0 Å². The quantitative estimate of drug-likeness (QED) is 0.866. The van der Waals surface area contributed by atoms with E-state index in [0.717, 1.165) is 30.8 Å². The standard InChI is InChI=1S/C15H21N3O/c1-10-4-3-5-17-13(10)7-15(19)18-11(2)6-12-8-16-9-14(12)18/h3-5,11-12,14,16H,6-9H2,1-2H3. The second-order valence-electron chi connectivity index (χ2n) is 5.82. The molecular formula is C15H21N3O. The van der Waals surface area contributed by atoms with Crippen LogP contribution in [0.25, 0.3) is 0 Å². The van der Waals surface area contributed by atoms with Gasteiger partial charge in [0.15, 0.2) is 0 Å². The summed E-state index contributed by atoms with van der Waals surface area (Å²) in [6.07, 6.45) is 3.33. The summed E-state index contributed by atoms with van der Waals surface area (Å²) < 4.78 is 0. The fourth-order valence-electron chi connectivity index (χ4n) is 3.53. The van der Waals surface area contributed by atoms with Gasteiger partial charge in [0.2, 0.25) is 5.91 Å². The van der Waals surface area contributed by atoms with Gasteiger partial charge in [-0.15, -0.1) is 0 Å². The number of aromatic nitrogens is 1. The fourth-order valence-corrected chi connectivity index (χ4v) is 3.53. The van der Waals surface area contributed by atoms with Crippen LogP contribution < -0.4 is 5.32 Å². The third-order valence-corrected chi connectivity index (χ3v) is 4.50. The van der Waals surface area contributed by atoms with Crippen LogP contribution in [0.15, 0.2) is 18.3 Å². The van der Waals surface area contributed by atoms with Gasteiger partial charge in [-0.05, 0) is 37.8 Å². The largest absolute Gasteiger partial charge is 0.335 e. The topological polar surface area (TPSA) is 45.2 Å². The highest BCUT2D eigenvalue weighted by Gasteiger charge is 2.43. The first kappa shape index (κ1) is 12.6. The van der Waals surface area contributed by atoms with Crippen molar-refractivity contribution in [2.45, 2.75) is 38.8 Å². The van der Waals surface area contributed by atoms with Crippen LogP contribution >= 0.6 is 0 Å². The molecule has 1 aromatic heterocycles. The zero-order chi connectivity index (χ0) is 13.4. The zero-order valence-electron chi connectivity index (χ0n) is 11.6. The second-order valence-corrected chi connectivity index (χ2v) is 5.82. The molecule has 0 radical (unpaired) electrons. The van der Waals surface area contributed by atoms with Crippen LogP contribution in [-0.4, -0.2) is 41.0 Å². The van der Waals surface area contributed by atoms with Crippen LogP contribution in [-0.2, 0) is 11.2 Å². The van der Waals surface area contributed by atoms with Crippen LogP contribution in [0, 0.1) is 12.8 Å². The van der Waals surface area contributed by atoms with E-state index in [1.54, 1.807) is 6.20 Å². The number of hydrogen-bond donors (Lipinski definition) is 1. The van der Waals surface area contributed by atoms with Gasteiger partial charge in [-0.1, -0.05) is 6.07 Å². The molecule has 2 fully saturated rings. The van der Waals surface area contributed by atoms with E-state index in [4.69, 9.17) is 0 Å². The summed E-state index contributed by atoms with van der Waals surface area (Å²) in [4.78, 5) is 19.0. The number of rotatable bonds is 2. The fraction of sp³-hybridized carbons (Fsp3) is 0.600. The molecule has 0 aromatic carbocycles. The summed E-state index contributed by atoms with van der Waals surface area (Å²) in [5.74, 6) is 0.870. The maximum absolute atomic E-state index is 12.6. The molecule has 19 heavy (non-hydrogen) atoms. The Labute approximate surface area is 114 Å². The summed E-state index contributed by atoms with van der Waals surface area (Å²) in [5, 5.41) is 3.40. The molecule has 1 amide bonds. The van der Waals surface area contributed by atoms with Crippen molar-refractivity contribution in [3.8, 4) is 0 Å². The maximum atomic E-state index is 12.6. The number of fused-ring (bicyclic) bond motifs is 1. The van der Waals surface area contributed by atoms with Crippen molar-refractivity contribution in [3.05, 3.63) is 29.6 Å². The van der Waals surface area contributed by atoms with Crippen molar-refractivity contribution < 1.29 is 4.79 Å². The number of carbonyl (C=O) groups excluding carboxylic acids is 1. The van der Waals surface area contributed by atoms with Gasteiger partial charge in [0, 0.05) is 31.4 Å². The number of likely N-dealkylation sites (tertiary alicyclic amines) is 1. The number of nitrogens with one attached hydrogen (secondary N) is 1. The Morgan fingerprint density at radius 3 is 3.16 bits per heavy atom. The average Bonchev–Trinajstić information content (AvgIpc) is 2.91. The number of amides is 1. The smallest absolute Gasteiger partial charge is 0.229 e. The van der Waals surface area contributed by atoms with Gasteiger partial charge in [-0.3, -0.25) is 9.78 Å². The molecule has 4 heteroatoms. The van der Waals surface area contributed by atoms with Crippen molar-refractivity contribution in [2.24, 2.45) is 5.92 Å². The zero-order valence-corrected chi connectivity index (χ0v) is 11.6. The molecular weight excluding hydrogens is 238 g/mol. The number of nitrogens with zero attached hydrogens (tertiary/aromatic N) is 2. The summed E-state index contributed by atoms with van der Waals surface area (Å²) in [7, 11) is 0. The molecule has 0 aliphatic carbocycles. The Hall–Kier alpha value is -1.42. The first-order valence-corrected chi connectivity index (χ1v) is 7.09. The van der Waals surface area contributed by atoms with Crippen molar-refractivity contribution in [2.75, 3.05) is 13.1 Å². The highest BCUT2D eigenvalue weighted by molar-refractivity contribution is 5.79. The van der Waals surface area contributed by atoms with E-state index in [9.17, 15) is 4.79 Å². The number of aryl methyl sites for hydroxylation is 1. The van der Waals surface area contributed by atoms with Crippen molar-refractivity contribution >= 4 is 5.91 Å². The van der Waals surface area contributed by atoms with Gasteiger partial charge in [0.1, 0.15) is 0 Å². The SMILES string of the molecule is Cc1cccnc1CC(=O)N1C(C)CC2CNCC21. The molecule has 2 aliphatic rings. The van der Waals surface area contributed by atoms with E-state index in [2.05, 4.69) is 22.1 Å². The van der Waals surface area contributed by atoms with Gasteiger partial charge in [0.05, 0.1) is 12.1 Å².